The first-order chi connectivity index (χ1) is 15.1. The number of rotatable bonds is 9. The average molecular weight is 549 g/mol. The predicted octanol–water partition coefficient (Wildman–Crippen LogP) is 3.20. The topological polar surface area (TPSA) is 81.7 Å². The molecule has 0 radical (unpaired) electrons. The number of likely N-dealkylation sites (N-methyl/N-ethyl adjacent to an activating group) is 1. The lowest BCUT2D eigenvalue weighted by molar-refractivity contribution is -0.127. The van der Waals surface area contributed by atoms with Gasteiger partial charge in [0.2, 0.25) is 5.91 Å². The summed E-state index contributed by atoms with van der Waals surface area (Å²) in [5.41, 5.74) is 3.48. The Bertz CT molecular complexity index is 1020. The molecule has 0 saturated heterocycles. The number of carbonyl (C=O) groups excluding carboxylic acids is 1. The molecule has 7 nitrogen and oxygen atoms in total. The maximum atomic E-state index is 12.0. The van der Waals surface area contributed by atoms with Crippen molar-refractivity contribution in [3.8, 4) is 5.75 Å². The van der Waals surface area contributed by atoms with Gasteiger partial charge >= 0.3 is 0 Å². The second-order valence-corrected chi connectivity index (χ2v) is 7.49. The fraction of sp³-hybridized carbons (Fsp3) is 0.333. The molecule has 172 valence electrons. The standard InChI is InChI=1S/C24H31N5O2.HI/c1-29(2)22(30)17-28-24(25-14-12-18-8-5-4-6-9-18)26-15-13-19-16-27-20-10-7-11-21(31-3)23(19)20;/h4-11,16,27H,12-15,17H2,1-3H3,(H2,25,26,28);1H. The summed E-state index contributed by atoms with van der Waals surface area (Å²) in [7, 11) is 5.16. The smallest absolute Gasteiger partial charge is 0.243 e. The number of nitrogens with one attached hydrogen (secondary N) is 3. The van der Waals surface area contributed by atoms with Crippen LogP contribution >= 0.6 is 24.0 Å². The van der Waals surface area contributed by atoms with Crippen molar-refractivity contribution in [1.82, 2.24) is 20.5 Å². The number of hydrogen-bond donors (Lipinski definition) is 3. The summed E-state index contributed by atoms with van der Waals surface area (Å²) in [6.45, 7) is 1.51. The van der Waals surface area contributed by atoms with E-state index < -0.39 is 0 Å². The van der Waals surface area contributed by atoms with Gasteiger partial charge in [-0.05, 0) is 36.1 Å². The summed E-state index contributed by atoms with van der Waals surface area (Å²) in [4.78, 5) is 21.3. The molecule has 32 heavy (non-hydrogen) atoms. The molecular weight excluding hydrogens is 517 g/mol. The van der Waals surface area contributed by atoms with Gasteiger partial charge in [0.15, 0.2) is 5.96 Å². The second kappa shape index (κ2) is 12.9. The minimum absolute atomic E-state index is 0. The fourth-order valence-corrected chi connectivity index (χ4v) is 3.33. The van der Waals surface area contributed by atoms with E-state index in [2.05, 4.69) is 32.7 Å². The summed E-state index contributed by atoms with van der Waals surface area (Å²) in [6, 6.07) is 16.3. The molecule has 0 aliphatic rings. The van der Waals surface area contributed by atoms with Crippen LogP contribution in [0, 0.1) is 0 Å². The van der Waals surface area contributed by atoms with Crippen LogP contribution in [-0.4, -0.2) is 62.6 Å². The van der Waals surface area contributed by atoms with E-state index in [1.54, 1.807) is 26.1 Å². The van der Waals surface area contributed by atoms with Gasteiger partial charge in [-0.15, -0.1) is 24.0 Å². The van der Waals surface area contributed by atoms with E-state index in [0.29, 0.717) is 12.5 Å². The highest BCUT2D eigenvalue weighted by atomic mass is 127. The van der Waals surface area contributed by atoms with Crippen LogP contribution in [0.4, 0.5) is 0 Å². The monoisotopic (exact) mass is 549 g/mol. The first-order valence-corrected chi connectivity index (χ1v) is 10.5. The van der Waals surface area contributed by atoms with Crippen molar-refractivity contribution >= 4 is 46.7 Å². The van der Waals surface area contributed by atoms with Gasteiger partial charge < -0.3 is 25.3 Å². The van der Waals surface area contributed by atoms with Crippen LogP contribution in [0.25, 0.3) is 10.9 Å². The first kappa shape index (κ1) is 25.5. The lowest BCUT2D eigenvalue weighted by Gasteiger charge is -2.14. The van der Waals surface area contributed by atoms with Crippen molar-refractivity contribution < 1.29 is 9.53 Å². The predicted molar refractivity (Wildman–Crippen MR) is 141 cm³/mol. The van der Waals surface area contributed by atoms with E-state index >= 15 is 0 Å². The Hall–Kier alpha value is -2.75. The van der Waals surface area contributed by atoms with Gasteiger partial charge in [-0.3, -0.25) is 4.79 Å². The maximum absolute atomic E-state index is 12.0. The molecule has 1 aromatic heterocycles. The molecule has 8 heteroatoms. The second-order valence-electron chi connectivity index (χ2n) is 7.49. The number of methoxy groups -OCH3 is 1. The van der Waals surface area contributed by atoms with Crippen LogP contribution in [0.3, 0.4) is 0 Å². The molecule has 0 fully saturated rings. The lowest BCUT2D eigenvalue weighted by atomic mass is 10.1. The van der Waals surface area contributed by atoms with E-state index in [9.17, 15) is 4.79 Å². The van der Waals surface area contributed by atoms with Crippen LogP contribution in [-0.2, 0) is 17.6 Å². The van der Waals surface area contributed by atoms with Gasteiger partial charge in [0, 0.05) is 44.3 Å². The van der Waals surface area contributed by atoms with E-state index in [1.807, 2.05) is 42.6 Å². The molecule has 3 rings (SSSR count). The molecule has 1 amide bonds. The number of hydrogen-bond acceptors (Lipinski definition) is 3. The summed E-state index contributed by atoms with van der Waals surface area (Å²) in [6.07, 6.45) is 3.69. The van der Waals surface area contributed by atoms with Crippen LogP contribution in [0.5, 0.6) is 5.75 Å². The number of aliphatic imine (C=N–C) groups is 1. The van der Waals surface area contributed by atoms with Crippen molar-refractivity contribution in [1.29, 1.82) is 0 Å². The van der Waals surface area contributed by atoms with Crippen molar-refractivity contribution in [3.05, 3.63) is 65.9 Å². The Labute approximate surface area is 206 Å². The number of benzene rings is 2. The molecule has 0 atom stereocenters. The van der Waals surface area contributed by atoms with Gasteiger partial charge in [-0.1, -0.05) is 36.4 Å². The average Bonchev–Trinajstić information content (AvgIpc) is 3.20. The van der Waals surface area contributed by atoms with Crippen LogP contribution < -0.4 is 15.4 Å². The summed E-state index contributed by atoms with van der Waals surface area (Å²) in [5, 5.41) is 7.79. The number of guanidine groups is 1. The van der Waals surface area contributed by atoms with Gasteiger partial charge in [-0.2, -0.15) is 0 Å². The van der Waals surface area contributed by atoms with Gasteiger partial charge in [0.25, 0.3) is 0 Å². The lowest BCUT2D eigenvalue weighted by Crippen LogP contribution is -2.40. The molecule has 0 spiro atoms. The van der Waals surface area contributed by atoms with Gasteiger partial charge in [0.1, 0.15) is 12.3 Å². The van der Waals surface area contributed by atoms with E-state index in [-0.39, 0.29) is 36.4 Å². The third kappa shape index (κ3) is 7.15. The molecule has 2 aromatic carbocycles. The van der Waals surface area contributed by atoms with Crippen LogP contribution in [0.1, 0.15) is 11.1 Å². The molecule has 0 saturated carbocycles. The third-order valence-corrected chi connectivity index (χ3v) is 5.08. The minimum Gasteiger partial charge on any atom is -0.496 e. The normalized spacial score (nSPS) is 11.0. The molecular formula is C24H32IN5O2. The fourth-order valence-electron chi connectivity index (χ4n) is 3.33. The van der Waals surface area contributed by atoms with Crippen molar-refractivity contribution in [3.63, 3.8) is 0 Å². The third-order valence-electron chi connectivity index (χ3n) is 5.08. The maximum Gasteiger partial charge on any atom is 0.243 e. The first-order valence-electron chi connectivity index (χ1n) is 10.5. The largest absolute Gasteiger partial charge is 0.496 e. The molecule has 3 N–H and O–H groups in total. The Morgan fingerprint density at radius 3 is 2.44 bits per heavy atom. The van der Waals surface area contributed by atoms with Crippen LogP contribution in [0.15, 0.2) is 59.7 Å². The number of amides is 1. The van der Waals surface area contributed by atoms with E-state index in [1.165, 1.54) is 11.1 Å². The van der Waals surface area contributed by atoms with E-state index in [4.69, 9.17) is 4.74 Å². The number of halogens is 1. The highest BCUT2D eigenvalue weighted by Gasteiger charge is 2.10. The number of H-pyrrole nitrogens is 1. The van der Waals surface area contributed by atoms with Crippen molar-refractivity contribution in [2.45, 2.75) is 12.8 Å². The van der Waals surface area contributed by atoms with Crippen LogP contribution in [0.2, 0.25) is 0 Å². The Kier molecular flexibility index (Phi) is 10.3. The zero-order valence-electron chi connectivity index (χ0n) is 18.9. The zero-order chi connectivity index (χ0) is 22.1. The molecule has 0 aliphatic heterocycles. The van der Waals surface area contributed by atoms with Gasteiger partial charge in [0.05, 0.1) is 7.11 Å². The number of fused-ring (bicyclic) bond motifs is 1. The van der Waals surface area contributed by atoms with E-state index in [0.717, 1.165) is 36.0 Å². The van der Waals surface area contributed by atoms with Gasteiger partial charge in [-0.25, -0.2) is 4.99 Å². The number of aromatic amines is 1. The number of ether oxygens (including phenoxy) is 1. The Morgan fingerprint density at radius 2 is 1.75 bits per heavy atom. The quantitative estimate of drug-likeness (QED) is 0.218. The Morgan fingerprint density at radius 1 is 1.03 bits per heavy atom. The van der Waals surface area contributed by atoms with Crippen molar-refractivity contribution in [2.24, 2.45) is 4.99 Å². The SMILES string of the molecule is COc1cccc2[nH]cc(CCNC(=NCC(=O)N(C)C)NCCc3ccccc3)c12.I. The number of nitrogens with zero attached hydrogens (tertiary/aromatic N) is 2. The molecule has 3 aromatic rings. The molecule has 0 aliphatic carbocycles. The number of carbonyl (C=O) groups is 1. The molecule has 1 heterocycles. The number of aromatic nitrogens is 1. The summed E-state index contributed by atoms with van der Waals surface area (Å²) < 4.78 is 5.52. The summed E-state index contributed by atoms with van der Waals surface area (Å²) >= 11 is 0. The zero-order valence-corrected chi connectivity index (χ0v) is 21.2. The van der Waals surface area contributed by atoms with Crippen molar-refractivity contribution in [2.75, 3.05) is 40.8 Å². The Balaban J connectivity index is 0.00000363. The minimum atomic E-state index is -0.0366. The highest BCUT2D eigenvalue weighted by molar-refractivity contribution is 14.0. The highest BCUT2D eigenvalue weighted by Crippen LogP contribution is 2.28. The molecule has 0 bridgehead atoms. The molecule has 0 unspecified atom stereocenters. The summed E-state index contributed by atoms with van der Waals surface area (Å²) in [5.74, 6) is 1.46.